The Morgan fingerprint density at radius 3 is 2.13 bits per heavy atom. The normalized spacial score (nSPS) is 10.2. The number of carbonyl (C=O) groups excluding carboxylic acids is 3. The van der Waals surface area contributed by atoms with Gasteiger partial charge in [-0.1, -0.05) is 36.4 Å². The summed E-state index contributed by atoms with van der Waals surface area (Å²) in [7, 11) is 0. The van der Waals surface area contributed by atoms with Crippen molar-refractivity contribution in [2.45, 2.75) is 6.92 Å². The number of Topliss-reactive ketones (excluding diaryl/α,β-unsaturated/α-hetero) is 1. The number of rotatable bonds is 8. The average molecular weight is 403 g/mol. The Bertz CT molecular complexity index is 1030. The van der Waals surface area contributed by atoms with E-state index in [0.29, 0.717) is 22.6 Å². The largest absolute Gasteiger partial charge is 0.482 e. The van der Waals surface area contributed by atoms with Gasteiger partial charge in [0.2, 0.25) is 0 Å². The van der Waals surface area contributed by atoms with Crippen LogP contribution in [0.1, 0.15) is 26.3 Å². The molecule has 0 aliphatic rings. The first-order valence-corrected chi connectivity index (χ1v) is 9.36. The standard InChI is InChI=1S/C24H21NO5/c1-17-7-5-6-10-22(17)29-16-23(27)30-15-21(26)18-11-13-20(14-12-18)25-24(28)19-8-3-2-4-9-19/h2-14H,15-16H2,1H3,(H,25,28). The second-order valence-corrected chi connectivity index (χ2v) is 6.54. The van der Waals surface area contributed by atoms with Gasteiger partial charge in [0.25, 0.3) is 5.91 Å². The van der Waals surface area contributed by atoms with Crippen LogP contribution < -0.4 is 10.1 Å². The topological polar surface area (TPSA) is 81.7 Å². The molecule has 0 aliphatic carbocycles. The summed E-state index contributed by atoms with van der Waals surface area (Å²) in [5.41, 5.74) is 2.38. The molecule has 0 saturated carbocycles. The highest BCUT2D eigenvalue weighted by molar-refractivity contribution is 6.04. The Morgan fingerprint density at radius 1 is 0.767 bits per heavy atom. The maximum atomic E-state index is 12.2. The fourth-order valence-corrected chi connectivity index (χ4v) is 2.66. The van der Waals surface area contributed by atoms with Gasteiger partial charge in [0.05, 0.1) is 0 Å². The number of aryl methyl sites for hydroxylation is 1. The van der Waals surface area contributed by atoms with Crippen molar-refractivity contribution in [3.63, 3.8) is 0 Å². The molecule has 0 radical (unpaired) electrons. The third-order valence-corrected chi connectivity index (χ3v) is 4.30. The van der Waals surface area contributed by atoms with Gasteiger partial charge in [-0.15, -0.1) is 0 Å². The molecule has 30 heavy (non-hydrogen) atoms. The Balaban J connectivity index is 1.47. The molecule has 3 aromatic rings. The number of amides is 1. The summed E-state index contributed by atoms with van der Waals surface area (Å²) >= 11 is 0. The molecule has 0 atom stereocenters. The summed E-state index contributed by atoms with van der Waals surface area (Å²) in [4.78, 5) is 36.2. The number of ketones is 1. The summed E-state index contributed by atoms with van der Waals surface area (Å²) in [6.07, 6.45) is 0. The number of hydrogen-bond donors (Lipinski definition) is 1. The molecule has 3 aromatic carbocycles. The SMILES string of the molecule is Cc1ccccc1OCC(=O)OCC(=O)c1ccc(NC(=O)c2ccccc2)cc1. The van der Waals surface area contributed by atoms with E-state index in [1.54, 1.807) is 54.6 Å². The van der Waals surface area contributed by atoms with Crippen LogP contribution in [0.15, 0.2) is 78.9 Å². The van der Waals surface area contributed by atoms with E-state index in [4.69, 9.17) is 9.47 Å². The molecule has 0 saturated heterocycles. The van der Waals surface area contributed by atoms with Crippen molar-refractivity contribution >= 4 is 23.3 Å². The molecule has 152 valence electrons. The zero-order valence-electron chi connectivity index (χ0n) is 16.5. The van der Waals surface area contributed by atoms with Gasteiger partial charge in [0.15, 0.2) is 19.0 Å². The summed E-state index contributed by atoms with van der Waals surface area (Å²) in [6.45, 7) is 1.21. The molecular weight excluding hydrogens is 382 g/mol. The lowest BCUT2D eigenvalue weighted by molar-refractivity contribution is -0.144. The molecule has 6 nitrogen and oxygen atoms in total. The van der Waals surface area contributed by atoms with Crippen LogP contribution in [0.5, 0.6) is 5.75 Å². The number of para-hydroxylation sites is 1. The van der Waals surface area contributed by atoms with E-state index < -0.39 is 5.97 Å². The monoisotopic (exact) mass is 403 g/mol. The number of carbonyl (C=O) groups is 3. The third kappa shape index (κ3) is 5.78. The molecule has 0 spiro atoms. The van der Waals surface area contributed by atoms with Crippen LogP contribution >= 0.6 is 0 Å². The van der Waals surface area contributed by atoms with E-state index >= 15 is 0 Å². The predicted molar refractivity (Wildman–Crippen MR) is 113 cm³/mol. The molecule has 0 bridgehead atoms. The van der Waals surface area contributed by atoms with Gasteiger partial charge in [-0.05, 0) is 55.0 Å². The quantitative estimate of drug-likeness (QED) is 0.453. The van der Waals surface area contributed by atoms with E-state index in [0.717, 1.165) is 5.56 Å². The number of ether oxygens (including phenoxy) is 2. The first kappa shape index (κ1) is 20.8. The van der Waals surface area contributed by atoms with Gasteiger partial charge in [-0.25, -0.2) is 4.79 Å². The van der Waals surface area contributed by atoms with Crippen LogP contribution in [-0.2, 0) is 9.53 Å². The van der Waals surface area contributed by atoms with Crippen molar-refractivity contribution < 1.29 is 23.9 Å². The van der Waals surface area contributed by atoms with Crippen molar-refractivity contribution in [2.24, 2.45) is 0 Å². The number of benzene rings is 3. The van der Waals surface area contributed by atoms with Crippen molar-refractivity contribution in [3.8, 4) is 5.75 Å². The van der Waals surface area contributed by atoms with E-state index in [-0.39, 0.29) is 24.9 Å². The van der Waals surface area contributed by atoms with Crippen LogP contribution in [0.25, 0.3) is 0 Å². The summed E-state index contributed by atoms with van der Waals surface area (Å²) in [5, 5.41) is 2.76. The van der Waals surface area contributed by atoms with Crippen molar-refractivity contribution in [3.05, 3.63) is 95.6 Å². The number of hydrogen-bond acceptors (Lipinski definition) is 5. The smallest absolute Gasteiger partial charge is 0.344 e. The Labute approximate surface area is 174 Å². The third-order valence-electron chi connectivity index (χ3n) is 4.30. The lowest BCUT2D eigenvalue weighted by Crippen LogP contribution is -2.19. The maximum Gasteiger partial charge on any atom is 0.344 e. The molecular formula is C24H21NO5. The van der Waals surface area contributed by atoms with Crippen LogP contribution in [0.4, 0.5) is 5.69 Å². The minimum atomic E-state index is -0.627. The van der Waals surface area contributed by atoms with Crippen LogP contribution in [-0.4, -0.2) is 30.9 Å². The van der Waals surface area contributed by atoms with E-state index in [1.165, 1.54) is 0 Å². The zero-order chi connectivity index (χ0) is 21.3. The van der Waals surface area contributed by atoms with E-state index in [2.05, 4.69) is 5.32 Å². The average Bonchev–Trinajstić information content (AvgIpc) is 2.78. The molecule has 6 heteroatoms. The van der Waals surface area contributed by atoms with Crippen molar-refractivity contribution in [1.29, 1.82) is 0 Å². The van der Waals surface area contributed by atoms with Crippen LogP contribution in [0.2, 0.25) is 0 Å². The highest BCUT2D eigenvalue weighted by atomic mass is 16.6. The molecule has 0 heterocycles. The fraction of sp³-hybridized carbons (Fsp3) is 0.125. The first-order valence-electron chi connectivity index (χ1n) is 9.36. The molecule has 0 unspecified atom stereocenters. The second kappa shape index (κ2) is 10.0. The first-order chi connectivity index (χ1) is 14.5. The zero-order valence-corrected chi connectivity index (χ0v) is 16.5. The van der Waals surface area contributed by atoms with Crippen LogP contribution in [0.3, 0.4) is 0 Å². The Morgan fingerprint density at radius 2 is 1.43 bits per heavy atom. The summed E-state index contributed by atoms with van der Waals surface area (Å²) in [5.74, 6) is -0.621. The molecule has 0 fully saturated rings. The van der Waals surface area contributed by atoms with Crippen LogP contribution in [0, 0.1) is 6.92 Å². The number of esters is 1. The van der Waals surface area contributed by atoms with Gasteiger partial charge in [-0.2, -0.15) is 0 Å². The fourth-order valence-electron chi connectivity index (χ4n) is 2.66. The van der Waals surface area contributed by atoms with E-state index in [1.807, 2.05) is 31.2 Å². The Hall–Kier alpha value is -3.93. The van der Waals surface area contributed by atoms with Gasteiger partial charge in [-0.3, -0.25) is 9.59 Å². The predicted octanol–water partition coefficient (Wildman–Crippen LogP) is 4.05. The van der Waals surface area contributed by atoms with Crippen molar-refractivity contribution in [1.82, 2.24) is 0 Å². The Kier molecular flexibility index (Phi) is 6.95. The maximum absolute atomic E-state index is 12.2. The molecule has 1 N–H and O–H groups in total. The number of anilines is 1. The highest BCUT2D eigenvalue weighted by Gasteiger charge is 2.12. The molecule has 0 aliphatic heterocycles. The van der Waals surface area contributed by atoms with Gasteiger partial charge in [0, 0.05) is 16.8 Å². The summed E-state index contributed by atoms with van der Waals surface area (Å²) in [6, 6.07) is 22.5. The van der Waals surface area contributed by atoms with Gasteiger partial charge >= 0.3 is 5.97 Å². The van der Waals surface area contributed by atoms with Gasteiger partial charge < -0.3 is 14.8 Å². The lowest BCUT2D eigenvalue weighted by Gasteiger charge is -2.09. The number of nitrogens with one attached hydrogen (secondary N) is 1. The van der Waals surface area contributed by atoms with Gasteiger partial charge in [0.1, 0.15) is 5.75 Å². The lowest BCUT2D eigenvalue weighted by atomic mass is 10.1. The minimum absolute atomic E-state index is 0.239. The molecule has 3 rings (SSSR count). The summed E-state index contributed by atoms with van der Waals surface area (Å²) < 4.78 is 10.4. The van der Waals surface area contributed by atoms with Crippen molar-refractivity contribution in [2.75, 3.05) is 18.5 Å². The van der Waals surface area contributed by atoms with E-state index in [9.17, 15) is 14.4 Å². The second-order valence-electron chi connectivity index (χ2n) is 6.54. The molecule has 0 aromatic heterocycles. The highest BCUT2D eigenvalue weighted by Crippen LogP contribution is 2.16. The molecule has 1 amide bonds. The minimum Gasteiger partial charge on any atom is -0.482 e.